The number of allylic oxidation sites excluding steroid dienone is 2. The fourth-order valence-corrected chi connectivity index (χ4v) is 8.76. The molecule has 5 heterocycles. The normalized spacial score (nSPS) is 23.2. The second-order valence-corrected chi connectivity index (χ2v) is 14.9. The van der Waals surface area contributed by atoms with Crippen LogP contribution in [0, 0.1) is 5.92 Å². The van der Waals surface area contributed by atoms with Gasteiger partial charge >= 0.3 is 6.09 Å². The highest BCUT2D eigenvalue weighted by Gasteiger charge is 2.50. The van der Waals surface area contributed by atoms with Crippen molar-refractivity contribution in [2.24, 2.45) is 15.9 Å². The SMILES string of the molecule is COC(=O)N[C@H](C(=O)N1CCC[C@H]1C1=NC=C(c2ccc(-c3ccc(C4=CN=C(C5CCC6(CCOCC6)N5C(C)=O)C4)cc3)cc2)C1)C(C)C. The number of benzene rings is 2. The average Bonchev–Trinajstić information content (AvgIpc) is 3.97. The molecule has 10 heteroatoms. The van der Waals surface area contributed by atoms with Gasteiger partial charge in [0, 0.05) is 68.9 Å². The van der Waals surface area contributed by atoms with Gasteiger partial charge in [0.1, 0.15) is 6.04 Å². The molecule has 0 radical (unpaired) electrons. The van der Waals surface area contributed by atoms with E-state index in [2.05, 4.69) is 58.7 Å². The van der Waals surface area contributed by atoms with E-state index in [0.29, 0.717) is 13.0 Å². The van der Waals surface area contributed by atoms with Crippen molar-refractivity contribution >= 4 is 40.5 Å². The third-order valence-electron chi connectivity index (χ3n) is 11.5. The molecule has 2 aromatic carbocycles. The van der Waals surface area contributed by atoms with Crippen molar-refractivity contribution in [1.82, 2.24) is 15.1 Å². The summed E-state index contributed by atoms with van der Waals surface area (Å²) in [6.45, 7) is 7.64. The lowest BCUT2D eigenvalue weighted by molar-refractivity contribution is -0.137. The first kappa shape index (κ1) is 34.9. The maximum absolute atomic E-state index is 13.5. The molecule has 2 aromatic rings. The minimum absolute atomic E-state index is 0.0655. The fourth-order valence-electron chi connectivity index (χ4n) is 8.76. The first-order chi connectivity index (χ1) is 24.7. The van der Waals surface area contributed by atoms with E-state index in [-0.39, 0.29) is 35.4 Å². The van der Waals surface area contributed by atoms with Crippen LogP contribution in [0.15, 0.2) is 70.9 Å². The number of methoxy groups -OCH3 is 1. The summed E-state index contributed by atoms with van der Waals surface area (Å²) in [5, 5.41) is 2.72. The number of amides is 3. The number of ether oxygens (including phenoxy) is 2. The first-order valence-corrected chi connectivity index (χ1v) is 18.4. The van der Waals surface area contributed by atoms with Gasteiger partial charge in [0.2, 0.25) is 11.8 Å². The largest absolute Gasteiger partial charge is 0.453 e. The molecular weight excluding hydrogens is 642 g/mol. The quantitative estimate of drug-likeness (QED) is 0.333. The lowest BCUT2D eigenvalue weighted by Gasteiger charge is -2.43. The van der Waals surface area contributed by atoms with Gasteiger partial charge in [-0.25, -0.2) is 4.79 Å². The molecule has 1 unspecified atom stereocenters. The van der Waals surface area contributed by atoms with Gasteiger partial charge in [-0.05, 0) is 77.8 Å². The number of rotatable bonds is 8. The summed E-state index contributed by atoms with van der Waals surface area (Å²) in [6.07, 6.45) is 10.4. The zero-order valence-corrected chi connectivity index (χ0v) is 30.2. The van der Waals surface area contributed by atoms with Crippen molar-refractivity contribution in [3.63, 3.8) is 0 Å². The number of hydrogen-bond acceptors (Lipinski definition) is 7. The predicted molar refractivity (Wildman–Crippen MR) is 199 cm³/mol. The van der Waals surface area contributed by atoms with Crippen LogP contribution in [0.5, 0.6) is 0 Å². The molecule has 1 N–H and O–H groups in total. The molecule has 0 saturated carbocycles. The summed E-state index contributed by atoms with van der Waals surface area (Å²) in [5.74, 6) is -0.0131. The molecular formula is C41H49N5O5. The minimum atomic E-state index is -0.643. The van der Waals surface area contributed by atoms with Crippen LogP contribution in [0.3, 0.4) is 0 Å². The maximum atomic E-state index is 13.5. The van der Waals surface area contributed by atoms with Gasteiger partial charge in [-0.2, -0.15) is 0 Å². The Morgan fingerprint density at radius 1 is 0.824 bits per heavy atom. The zero-order chi connectivity index (χ0) is 35.7. The third kappa shape index (κ3) is 6.90. The number of nitrogens with zero attached hydrogens (tertiary/aromatic N) is 4. The summed E-state index contributed by atoms with van der Waals surface area (Å²) >= 11 is 0. The van der Waals surface area contributed by atoms with Crippen LogP contribution in [0.25, 0.3) is 22.3 Å². The summed E-state index contributed by atoms with van der Waals surface area (Å²) in [7, 11) is 1.31. The molecule has 7 rings (SSSR count). The van der Waals surface area contributed by atoms with Crippen LogP contribution >= 0.6 is 0 Å². The lowest BCUT2D eigenvalue weighted by Crippen LogP contribution is -2.54. The van der Waals surface area contributed by atoms with Gasteiger partial charge in [-0.3, -0.25) is 19.6 Å². The molecule has 1 spiro atoms. The van der Waals surface area contributed by atoms with Crippen LogP contribution in [-0.2, 0) is 19.1 Å². The standard InChI is InChI=1S/C41H49N5O5/c1-26(2)38(44-40(49)50-4)39(48)45-19-5-6-36(45)34-22-32(24-42-34)30-11-7-28(8-12-30)29-9-13-31(14-10-29)33-23-35(43-25-33)37-15-16-41(46(37)27(3)47)17-20-51-21-18-41/h7-14,24-26,36-38H,5-6,15-23H2,1-4H3,(H,44,49)/t36-,37?,38-/m0/s1. The van der Waals surface area contributed by atoms with E-state index in [4.69, 9.17) is 19.5 Å². The Kier molecular flexibility index (Phi) is 9.97. The molecule has 3 amide bonds. The Morgan fingerprint density at radius 2 is 1.37 bits per heavy atom. The Balaban J connectivity index is 0.952. The Labute approximate surface area is 300 Å². The predicted octanol–water partition coefficient (Wildman–Crippen LogP) is 6.66. The van der Waals surface area contributed by atoms with Crippen molar-refractivity contribution in [3.05, 3.63) is 72.1 Å². The summed E-state index contributed by atoms with van der Waals surface area (Å²) in [6, 6.07) is 16.6. The molecule has 5 aliphatic heterocycles. The van der Waals surface area contributed by atoms with Crippen LogP contribution in [0.4, 0.5) is 4.79 Å². The second kappa shape index (κ2) is 14.6. The van der Waals surface area contributed by atoms with E-state index in [1.165, 1.54) is 12.7 Å². The topological polar surface area (TPSA) is 113 Å². The smallest absolute Gasteiger partial charge is 0.407 e. The van der Waals surface area contributed by atoms with E-state index < -0.39 is 12.1 Å². The van der Waals surface area contributed by atoms with Crippen molar-refractivity contribution in [2.75, 3.05) is 26.9 Å². The number of carbonyl (C=O) groups excluding carboxylic acids is 3. The summed E-state index contributed by atoms with van der Waals surface area (Å²) in [5.41, 5.74) is 8.89. The zero-order valence-electron chi connectivity index (χ0n) is 30.2. The van der Waals surface area contributed by atoms with E-state index in [1.807, 2.05) is 31.1 Å². The first-order valence-electron chi connectivity index (χ1n) is 18.4. The van der Waals surface area contributed by atoms with E-state index >= 15 is 0 Å². The highest BCUT2D eigenvalue weighted by molar-refractivity contribution is 6.04. The van der Waals surface area contributed by atoms with Crippen molar-refractivity contribution in [3.8, 4) is 11.1 Å². The van der Waals surface area contributed by atoms with Gasteiger partial charge in [-0.1, -0.05) is 62.4 Å². The van der Waals surface area contributed by atoms with Gasteiger partial charge in [-0.15, -0.1) is 0 Å². The highest BCUT2D eigenvalue weighted by atomic mass is 16.5. The van der Waals surface area contributed by atoms with Crippen LogP contribution < -0.4 is 5.32 Å². The van der Waals surface area contributed by atoms with Crippen LogP contribution in [0.1, 0.15) is 83.3 Å². The monoisotopic (exact) mass is 691 g/mol. The molecule has 3 saturated heterocycles. The number of carbonyl (C=O) groups is 3. The van der Waals surface area contributed by atoms with Gasteiger partial charge < -0.3 is 24.6 Å². The number of hydrogen-bond donors (Lipinski definition) is 1. The number of alkyl carbamates (subject to hydrolysis) is 1. The maximum Gasteiger partial charge on any atom is 0.407 e. The van der Waals surface area contributed by atoms with Gasteiger partial charge in [0.15, 0.2) is 0 Å². The lowest BCUT2D eigenvalue weighted by atomic mass is 9.87. The molecule has 0 bridgehead atoms. The van der Waals surface area contributed by atoms with E-state index in [9.17, 15) is 14.4 Å². The number of likely N-dealkylation sites (tertiary alicyclic amines) is 2. The molecule has 5 aliphatic rings. The molecule has 10 nitrogen and oxygen atoms in total. The van der Waals surface area contributed by atoms with Crippen molar-refractivity contribution < 1.29 is 23.9 Å². The summed E-state index contributed by atoms with van der Waals surface area (Å²) < 4.78 is 10.4. The van der Waals surface area contributed by atoms with E-state index in [0.717, 1.165) is 97.4 Å². The van der Waals surface area contributed by atoms with Crippen LogP contribution in [-0.4, -0.2) is 89.7 Å². The van der Waals surface area contributed by atoms with Crippen molar-refractivity contribution in [2.45, 2.75) is 95.8 Å². The molecule has 0 aromatic heterocycles. The number of aliphatic imine (C=N–C) groups is 2. The molecule has 3 atom stereocenters. The second-order valence-electron chi connectivity index (χ2n) is 14.9. The number of nitrogens with one attached hydrogen (secondary N) is 1. The van der Waals surface area contributed by atoms with Crippen LogP contribution in [0.2, 0.25) is 0 Å². The van der Waals surface area contributed by atoms with Gasteiger partial charge in [0.05, 0.1) is 19.2 Å². The van der Waals surface area contributed by atoms with E-state index in [1.54, 1.807) is 6.92 Å². The van der Waals surface area contributed by atoms with Gasteiger partial charge in [0.25, 0.3) is 0 Å². The Bertz CT molecular complexity index is 1780. The minimum Gasteiger partial charge on any atom is -0.453 e. The molecule has 3 fully saturated rings. The summed E-state index contributed by atoms with van der Waals surface area (Å²) in [4.78, 5) is 52.0. The van der Waals surface area contributed by atoms with Crippen molar-refractivity contribution in [1.29, 1.82) is 0 Å². The highest BCUT2D eigenvalue weighted by Crippen LogP contribution is 2.43. The Hall–Kier alpha value is -4.57. The fraction of sp³-hybridized carbons (Fsp3) is 0.488. The average molecular weight is 692 g/mol. The third-order valence-corrected chi connectivity index (χ3v) is 11.5. The Morgan fingerprint density at radius 3 is 1.90 bits per heavy atom. The molecule has 268 valence electrons. The molecule has 0 aliphatic carbocycles. The molecule has 51 heavy (non-hydrogen) atoms.